The van der Waals surface area contributed by atoms with Crippen molar-refractivity contribution in [2.75, 3.05) is 5.75 Å². The highest BCUT2D eigenvalue weighted by atomic mass is 32.2. The van der Waals surface area contributed by atoms with Crippen LogP contribution in [-0.2, 0) is 11.3 Å². The zero-order chi connectivity index (χ0) is 20.1. The fourth-order valence-corrected chi connectivity index (χ4v) is 5.09. The van der Waals surface area contributed by atoms with Gasteiger partial charge < -0.3 is 10.2 Å². The molecule has 1 aliphatic rings. The van der Waals surface area contributed by atoms with Crippen molar-refractivity contribution in [1.82, 2.24) is 10.2 Å². The predicted molar refractivity (Wildman–Crippen MR) is 115 cm³/mol. The molecule has 0 spiro atoms. The molecule has 4 nitrogen and oxygen atoms in total. The van der Waals surface area contributed by atoms with Crippen LogP contribution in [0.2, 0.25) is 0 Å². The van der Waals surface area contributed by atoms with E-state index in [4.69, 9.17) is 0 Å². The molecule has 0 aromatic heterocycles. The molecule has 28 heavy (non-hydrogen) atoms. The molecule has 2 aromatic rings. The summed E-state index contributed by atoms with van der Waals surface area (Å²) in [5, 5.41) is 3.04. The smallest absolute Gasteiger partial charge is 0.255 e. The first-order chi connectivity index (χ1) is 13.5. The zero-order valence-electron chi connectivity index (χ0n) is 16.7. The van der Waals surface area contributed by atoms with Crippen molar-refractivity contribution in [2.24, 2.45) is 5.92 Å². The molecular formula is C23H28N2O2S. The lowest BCUT2D eigenvalue weighted by atomic mass is 10.1. The van der Waals surface area contributed by atoms with E-state index in [-0.39, 0.29) is 17.2 Å². The van der Waals surface area contributed by atoms with Gasteiger partial charge in [-0.25, -0.2) is 0 Å². The zero-order valence-corrected chi connectivity index (χ0v) is 17.5. The summed E-state index contributed by atoms with van der Waals surface area (Å²) in [5.74, 6) is 0.953. The van der Waals surface area contributed by atoms with Gasteiger partial charge in [0.2, 0.25) is 5.91 Å². The minimum atomic E-state index is -0.439. The minimum absolute atomic E-state index is 0.0282. The highest BCUT2D eigenvalue weighted by molar-refractivity contribution is 8.00. The Hall–Kier alpha value is -2.27. The Morgan fingerprint density at radius 3 is 2.57 bits per heavy atom. The largest absolute Gasteiger partial charge is 0.350 e. The normalized spacial score (nSPS) is 19.1. The summed E-state index contributed by atoms with van der Waals surface area (Å²) in [7, 11) is 0. The number of nitrogens with one attached hydrogen (secondary N) is 1. The first-order valence-electron chi connectivity index (χ1n) is 9.78. The van der Waals surface area contributed by atoms with E-state index in [2.05, 4.69) is 19.2 Å². The van der Waals surface area contributed by atoms with E-state index in [1.165, 1.54) is 0 Å². The van der Waals surface area contributed by atoms with Gasteiger partial charge in [-0.2, -0.15) is 0 Å². The molecule has 0 aliphatic carbocycles. The first kappa shape index (κ1) is 20.5. The van der Waals surface area contributed by atoms with Crippen LogP contribution in [0.25, 0.3) is 0 Å². The van der Waals surface area contributed by atoms with Crippen LogP contribution >= 0.6 is 11.8 Å². The summed E-state index contributed by atoms with van der Waals surface area (Å²) in [6.45, 7) is 6.75. The van der Waals surface area contributed by atoms with Crippen LogP contribution in [0.4, 0.5) is 0 Å². The molecule has 1 N–H and O–H groups in total. The molecule has 0 bridgehead atoms. The Bertz CT molecular complexity index is 822. The number of carbonyl (C=O) groups is 2. The van der Waals surface area contributed by atoms with Gasteiger partial charge in [0.15, 0.2) is 0 Å². The van der Waals surface area contributed by atoms with Gasteiger partial charge >= 0.3 is 0 Å². The van der Waals surface area contributed by atoms with Crippen molar-refractivity contribution in [1.29, 1.82) is 0 Å². The van der Waals surface area contributed by atoms with E-state index < -0.39 is 6.04 Å². The van der Waals surface area contributed by atoms with Gasteiger partial charge in [-0.3, -0.25) is 9.59 Å². The van der Waals surface area contributed by atoms with Crippen molar-refractivity contribution >= 4 is 23.6 Å². The van der Waals surface area contributed by atoms with E-state index in [0.29, 0.717) is 23.8 Å². The molecule has 0 saturated carbocycles. The lowest BCUT2D eigenvalue weighted by Crippen LogP contribution is -2.49. The van der Waals surface area contributed by atoms with Gasteiger partial charge in [0.1, 0.15) is 6.04 Å². The van der Waals surface area contributed by atoms with Crippen LogP contribution in [-0.4, -0.2) is 33.9 Å². The van der Waals surface area contributed by atoms with Gasteiger partial charge in [-0.1, -0.05) is 61.9 Å². The molecule has 2 aromatic carbocycles. The van der Waals surface area contributed by atoms with Gasteiger partial charge in [0, 0.05) is 17.9 Å². The second-order valence-corrected chi connectivity index (χ2v) is 8.93. The van der Waals surface area contributed by atoms with E-state index in [9.17, 15) is 9.59 Å². The fraction of sp³-hybridized carbons (Fsp3) is 0.391. The third-order valence-corrected chi connectivity index (χ3v) is 6.19. The van der Waals surface area contributed by atoms with E-state index in [0.717, 1.165) is 17.5 Å². The third kappa shape index (κ3) is 4.96. The van der Waals surface area contributed by atoms with Crippen molar-refractivity contribution in [3.63, 3.8) is 0 Å². The van der Waals surface area contributed by atoms with Gasteiger partial charge in [0.25, 0.3) is 5.91 Å². The highest BCUT2D eigenvalue weighted by Crippen LogP contribution is 2.34. The number of amides is 2. The predicted octanol–water partition coefficient (Wildman–Crippen LogP) is 4.24. The lowest BCUT2D eigenvalue weighted by molar-refractivity contribution is -0.125. The SMILES string of the molecule is Cc1cccc(C(=O)N2C(CC(C)C)SCC2C(=O)NCc2ccccc2)c1. The summed E-state index contributed by atoms with van der Waals surface area (Å²) >= 11 is 1.71. The van der Waals surface area contributed by atoms with E-state index >= 15 is 0 Å². The molecule has 2 atom stereocenters. The number of rotatable bonds is 6. The summed E-state index contributed by atoms with van der Waals surface area (Å²) in [4.78, 5) is 28.1. The molecule has 3 rings (SSSR count). The van der Waals surface area contributed by atoms with Crippen LogP contribution in [0.15, 0.2) is 54.6 Å². The molecule has 148 valence electrons. The average molecular weight is 397 g/mol. The second kappa shape index (κ2) is 9.28. The number of hydrogen-bond acceptors (Lipinski definition) is 3. The number of hydrogen-bond donors (Lipinski definition) is 1. The molecule has 1 aliphatic heterocycles. The molecule has 2 unspecified atom stereocenters. The van der Waals surface area contributed by atoms with Crippen LogP contribution in [0.1, 0.15) is 41.8 Å². The van der Waals surface area contributed by atoms with Crippen LogP contribution < -0.4 is 5.32 Å². The highest BCUT2D eigenvalue weighted by Gasteiger charge is 2.41. The summed E-state index contributed by atoms with van der Waals surface area (Å²) < 4.78 is 0. The van der Waals surface area contributed by atoms with Gasteiger partial charge in [-0.05, 0) is 37.0 Å². The molecule has 2 amide bonds. The molecule has 1 fully saturated rings. The first-order valence-corrected chi connectivity index (χ1v) is 10.8. The molecular weight excluding hydrogens is 368 g/mol. The van der Waals surface area contributed by atoms with Crippen LogP contribution in [0.5, 0.6) is 0 Å². The maximum atomic E-state index is 13.3. The van der Waals surface area contributed by atoms with E-state index in [1.54, 1.807) is 16.7 Å². The fourth-order valence-electron chi connectivity index (χ4n) is 3.45. The van der Waals surface area contributed by atoms with E-state index in [1.807, 2.05) is 61.5 Å². The minimum Gasteiger partial charge on any atom is -0.350 e. The third-order valence-electron chi connectivity index (χ3n) is 4.88. The summed E-state index contributed by atoms with van der Waals surface area (Å²) in [6, 6.07) is 17.0. The molecule has 1 saturated heterocycles. The van der Waals surface area contributed by atoms with Gasteiger partial charge in [0.05, 0.1) is 5.37 Å². The summed E-state index contributed by atoms with van der Waals surface area (Å²) in [5.41, 5.74) is 2.75. The summed E-state index contributed by atoms with van der Waals surface area (Å²) in [6.07, 6.45) is 0.880. The number of benzene rings is 2. The number of thioether (sulfide) groups is 1. The van der Waals surface area contributed by atoms with Crippen molar-refractivity contribution in [2.45, 2.75) is 45.2 Å². The van der Waals surface area contributed by atoms with Crippen LogP contribution in [0, 0.1) is 12.8 Å². The number of carbonyl (C=O) groups excluding carboxylic acids is 2. The Morgan fingerprint density at radius 1 is 1.14 bits per heavy atom. The molecule has 5 heteroatoms. The Balaban J connectivity index is 1.78. The van der Waals surface area contributed by atoms with Crippen LogP contribution in [0.3, 0.4) is 0 Å². The number of aryl methyl sites for hydroxylation is 1. The average Bonchev–Trinajstić information content (AvgIpc) is 3.09. The van der Waals surface area contributed by atoms with Crippen molar-refractivity contribution in [3.8, 4) is 0 Å². The van der Waals surface area contributed by atoms with Crippen molar-refractivity contribution in [3.05, 3.63) is 71.3 Å². The Morgan fingerprint density at radius 2 is 1.89 bits per heavy atom. The van der Waals surface area contributed by atoms with Crippen molar-refractivity contribution < 1.29 is 9.59 Å². The Labute approximate surface area is 171 Å². The monoisotopic (exact) mass is 396 g/mol. The maximum absolute atomic E-state index is 13.3. The Kier molecular flexibility index (Phi) is 6.79. The maximum Gasteiger partial charge on any atom is 0.255 e. The molecule has 0 radical (unpaired) electrons. The number of nitrogens with zero attached hydrogens (tertiary/aromatic N) is 1. The molecule has 1 heterocycles. The quantitative estimate of drug-likeness (QED) is 0.794. The lowest BCUT2D eigenvalue weighted by Gasteiger charge is -2.30. The van der Waals surface area contributed by atoms with Gasteiger partial charge in [-0.15, -0.1) is 11.8 Å². The second-order valence-electron chi connectivity index (χ2n) is 7.72. The topological polar surface area (TPSA) is 49.4 Å². The standard InChI is InChI=1S/C23H28N2O2S/c1-16(2)12-21-25(23(27)19-11-7-8-17(3)13-19)20(15-28-21)22(26)24-14-18-9-5-4-6-10-18/h4-11,13,16,20-21H,12,14-15H2,1-3H3,(H,24,26).